The lowest BCUT2D eigenvalue weighted by molar-refractivity contribution is -0.0471. The van der Waals surface area contributed by atoms with Gasteiger partial charge in [0.05, 0.1) is 24.9 Å². The Balaban J connectivity index is 1.49. The van der Waals surface area contributed by atoms with Crippen molar-refractivity contribution in [2.24, 2.45) is 0 Å². The number of rotatable bonds is 6. The van der Waals surface area contributed by atoms with Gasteiger partial charge in [0.2, 0.25) is 0 Å². The zero-order valence-electron chi connectivity index (χ0n) is 12.5. The molecule has 0 bridgehead atoms. The molecule has 0 spiro atoms. The van der Waals surface area contributed by atoms with Crippen LogP contribution in [-0.4, -0.2) is 57.8 Å². The summed E-state index contributed by atoms with van der Waals surface area (Å²) in [4.78, 5) is 2.46. The summed E-state index contributed by atoms with van der Waals surface area (Å²) in [6, 6.07) is 1.29. The molecule has 0 radical (unpaired) electrons. The third-order valence-electron chi connectivity index (χ3n) is 4.03. The minimum atomic E-state index is 0.220. The van der Waals surface area contributed by atoms with Crippen LogP contribution in [0.25, 0.3) is 0 Å². The summed E-state index contributed by atoms with van der Waals surface area (Å²) in [6.07, 6.45) is 4.86. The van der Waals surface area contributed by atoms with Crippen molar-refractivity contribution in [2.75, 3.05) is 19.7 Å². The summed E-state index contributed by atoms with van der Waals surface area (Å²) in [6.45, 7) is 8.91. The van der Waals surface area contributed by atoms with Gasteiger partial charge in [-0.1, -0.05) is 5.21 Å². The van der Waals surface area contributed by atoms with Crippen molar-refractivity contribution in [2.45, 2.75) is 58.0 Å². The Labute approximate surface area is 120 Å². The van der Waals surface area contributed by atoms with E-state index in [1.54, 1.807) is 0 Å². The number of morpholine rings is 1. The molecular weight excluding hydrogens is 254 g/mol. The van der Waals surface area contributed by atoms with Gasteiger partial charge in [-0.3, -0.25) is 4.90 Å². The van der Waals surface area contributed by atoms with E-state index < -0.39 is 0 Å². The first-order chi connectivity index (χ1) is 9.70. The Bertz CT molecular complexity index is 429. The van der Waals surface area contributed by atoms with Crippen LogP contribution >= 0.6 is 0 Å². The molecular formula is C14H25N5O. The molecule has 6 nitrogen and oxygen atoms in total. The Kier molecular flexibility index (Phi) is 4.33. The molecule has 2 heterocycles. The Morgan fingerprint density at radius 2 is 2.30 bits per heavy atom. The van der Waals surface area contributed by atoms with Gasteiger partial charge in [0.1, 0.15) is 0 Å². The third-order valence-corrected chi connectivity index (χ3v) is 4.03. The number of hydrogen-bond acceptors (Lipinski definition) is 5. The zero-order valence-corrected chi connectivity index (χ0v) is 12.5. The van der Waals surface area contributed by atoms with Crippen molar-refractivity contribution >= 4 is 0 Å². The minimum Gasteiger partial charge on any atom is -0.374 e. The fourth-order valence-electron chi connectivity index (χ4n) is 2.58. The quantitative estimate of drug-likeness (QED) is 0.828. The Hall–Kier alpha value is -0.980. The van der Waals surface area contributed by atoms with Gasteiger partial charge < -0.3 is 10.1 Å². The van der Waals surface area contributed by atoms with Gasteiger partial charge in [-0.2, -0.15) is 0 Å². The summed E-state index contributed by atoms with van der Waals surface area (Å²) < 4.78 is 7.75. The first kappa shape index (κ1) is 14.0. The van der Waals surface area contributed by atoms with Crippen LogP contribution in [0.15, 0.2) is 6.20 Å². The number of hydrogen-bond donors (Lipinski definition) is 1. The molecule has 2 aliphatic rings. The van der Waals surface area contributed by atoms with Crippen molar-refractivity contribution in [3.05, 3.63) is 11.9 Å². The minimum absolute atomic E-state index is 0.220. The number of aromatic nitrogens is 3. The van der Waals surface area contributed by atoms with Crippen molar-refractivity contribution in [3.8, 4) is 0 Å². The first-order valence-corrected chi connectivity index (χ1v) is 7.69. The molecule has 1 aliphatic heterocycles. The molecule has 1 N–H and O–H groups in total. The molecule has 112 valence electrons. The average Bonchev–Trinajstić information content (AvgIpc) is 3.17. The molecule has 1 aliphatic carbocycles. The highest BCUT2D eigenvalue weighted by Crippen LogP contribution is 2.19. The molecule has 1 aromatic heterocycles. The number of nitrogens with zero attached hydrogens (tertiary/aromatic N) is 4. The highest BCUT2D eigenvalue weighted by atomic mass is 16.5. The Morgan fingerprint density at radius 3 is 3.05 bits per heavy atom. The molecule has 2 fully saturated rings. The topological polar surface area (TPSA) is 55.2 Å². The van der Waals surface area contributed by atoms with E-state index in [2.05, 4.69) is 34.4 Å². The van der Waals surface area contributed by atoms with Crippen LogP contribution in [0.5, 0.6) is 0 Å². The van der Waals surface area contributed by atoms with Crippen molar-refractivity contribution in [1.82, 2.24) is 25.2 Å². The Morgan fingerprint density at radius 1 is 1.45 bits per heavy atom. The zero-order chi connectivity index (χ0) is 13.9. The molecule has 1 unspecified atom stereocenters. The van der Waals surface area contributed by atoms with Gasteiger partial charge >= 0.3 is 0 Å². The van der Waals surface area contributed by atoms with Crippen molar-refractivity contribution in [3.63, 3.8) is 0 Å². The SMILES string of the molecule is CC(C)N1CCOC(Cn2cc(CNC3CC3)nn2)C1. The van der Waals surface area contributed by atoms with E-state index in [0.29, 0.717) is 12.1 Å². The third kappa shape index (κ3) is 3.77. The van der Waals surface area contributed by atoms with E-state index in [0.717, 1.165) is 38.5 Å². The van der Waals surface area contributed by atoms with E-state index in [1.807, 2.05) is 10.9 Å². The molecule has 1 atom stereocenters. The maximum atomic E-state index is 5.83. The highest BCUT2D eigenvalue weighted by Gasteiger charge is 2.23. The van der Waals surface area contributed by atoms with Gasteiger partial charge in [0.25, 0.3) is 0 Å². The highest BCUT2D eigenvalue weighted by molar-refractivity contribution is 4.94. The summed E-state index contributed by atoms with van der Waals surface area (Å²) in [7, 11) is 0. The lowest BCUT2D eigenvalue weighted by atomic mass is 10.2. The van der Waals surface area contributed by atoms with E-state index in [4.69, 9.17) is 4.74 Å². The lowest BCUT2D eigenvalue weighted by Gasteiger charge is -2.35. The fraction of sp³-hybridized carbons (Fsp3) is 0.857. The largest absolute Gasteiger partial charge is 0.374 e. The molecule has 0 aromatic carbocycles. The molecule has 1 saturated heterocycles. The van der Waals surface area contributed by atoms with Gasteiger partial charge in [0, 0.05) is 37.9 Å². The fourth-order valence-corrected chi connectivity index (χ4v) is 2.58. The standard InChI is InChI=1S/C14H25N5O/c1-11(2)18-5-6-20-14(9-18)10-19-8-13(16-17-19)7-15-12-3-4-12/h8,11-12,14-15H,3-7,9-10H2,1-2H3. The molecule has 6 heteroatoms. The lowest BCUT2D eigenvalue weighted by Crippen LogP contribution is -2.47. The van der Waals surface area contributed by atoms with Crippen LogP contribution in [0, 0.1) is 0 Å². The average molecular weight is 279 g/mol. The van der Waals surface area contributed by atoms with E-state index in [9.17, 15) is 0 Å². The smallest absolute Gasteiger partial charge is 0.0964 e. The van der Waals surface area contributed by atoms with Crippen LogP contribution < -0.4 is 5.32 Å². The van der Waals surface area contributed by atoms with Crippen LogP contribution in [0.1, 0.15) is 32.4 Å². The molecule has 1 aromatic rings. The van der Waals surface area contributed by atoms with E-state index >= 15 is 0 Å². The van der Waals surface area contributed by atoms with Gasteiger partial charge in [-0.25, -0.2) is 4.68 Å². The molecule has 20 heavy (non-hydrogen) atoms. The maximum Gasteiger partial charge on any atom is 0.0964 e. The van der Waals surface area contributed by atoms with Crippen molar-refractivity contribution < 1.29 is 4.74 Å². The second-order valence-corrected chi connectivity index (χ2v) is 6.17. The van der Waals surface area contributed by atoms with E-state index in [1.165, 1.54) is 12.8 Å². The predicted molar refractivity (Wildman–Crippen MR) is 76.3 cm³/mol. The van der Waals surface area contributed by atoms with Gasteiger partial charge in [-0.05, 0) is 26.7 Å². The molecule has 0 amide bonds. The van der Waals surface area contributed by atoms with Crippen LogP contribution in [0.4, 0.5) is 0 Å². The molecule has 3 rings (SSSR count). The van der Waals surface area contributed by atoms with Crippen LogP contribution in [0.3, 0.4) is 0 Å². The van der Waals surface area contributed by atoms with Crippen molar-refractivity contribution in [1.29, 1.82) is 0 Å². The summed E-state index contributed by atoms with van der Waals surface area (Å²) in [5.41, 5.74) is 1.02. The first-order valence-electron chi connectivity index (χ1n) is 7.69. The van der Waals surface area contributed by atoms with E-state index in [-0.39, 0.29) is 6.10 Å². The maximum absolute atomic E-state index is 5.83. The van der Waals surface area contributed by atoms with Gasteiger partial charge in [0.15, 0.2) is 0 Å². The number of ether oxygens (including phenoxy) is 1. The van der Waals surface area contributed by atoms with Gasteiger partial charge in [-0.15, -0.1) is 5.10 Å². The second-order valence-electron chi connectivity index (χ2n) is 6.17. The van der Waals surface area contributed by atoms with Crippen LogP contribution in [-0.2, 0) is 17.8 Å². The van der Waals surface area contributed by atoms with Crippen LogP contribution in [0.2, 0.25) is 0 Å². The molecule has 1 saturated carbocycles. The number of nitrogens with one attached hydrogen (secondary N) is 1. The summed E-state index contributed by atoms with van der Waals surface area (Å²) in [5, 5.41) is 11.9. The predicted octanol–water partition coefficient (Wildman–Crippen LogP) is 0.639. The normalized spacial score (nSPS) is 24.4. The summed E-state index contributed by atoms with van der Waals surface area (Å²) in [5.74, 6) is 0. The summed E-state index contributed by atoms with van der Waals surface area (Å²) >= 11 is 0. The monoisotopic (exact) mass is 279 g/mol. The second kappa shape index (κ2) is 6.20.